The lowest BCUT2D eigenvalue weighted by atomic mass is 9.97. The molecule has 3 unspecified atom stereocenters. The maximum absolute atomic E-state index is 11.6. The summed E-state index contributed by atoms with van der Waals surface area (Å²) in [6, 6.07) is -0.507. The van der Waals surface area contributed by atoms with Crippen molar-refractivity contribution >= 4 is 22.8 Å². The average molecular weight is 292 g/mol. The van der Waals surface area contributed by atoms with Gasteiger partial charge >= 0.3 is 12.0 Å². The second kappa shape index (κ2) is 8.14. The fourth-order valence-corrected chi connectivity index (χ4v) is 2.02. The van der Waals surface area contributed by atoms with E-state index in [4.69, 9.17) is 5.11 Å². The number of carbonyl (C=O) groups is 2. The third kappa shape index (κ3) is 6.56. The molecule has 0 aromatic heterocycles. The van der Waals surface area contributed by atoms with Crippen LogP contribution in [0.15, 0.2) is 0 Å². The molecule has 7 heteroatoms. The Bertz CT molecular complexity index is 349. The van der Waals surface area contributed by atoms with Crippen molar-refractivity contribution in [1.82, 2.24) is 10.6 Å². The molecule has 112 valence electrons. The first-order valence-electron chi connectivity index (χ1n) is 6.34. The number of amides is 2. The lowest BCUT2D eigenvalue weighted by Crippen LogP contribution is -2.55. The normalized spacial score (nSPS) is 17.1. The van der Waals surface area contributed by atoms with E-state index in [1.807, 2.05) is 13.8 Å². The van der Waals surface area contributed by atoms with E-state index in [0.717, 1.165) is 0 Å². The van der Waals surface area contributed by atoms with E-state index < -0.39 is 28.3 Å². The van der Waals surface area contributed by atoms with Crippen LogP contribution < -0.4 is 10.6 Å². The minimum Gasteiger partial charge on any atom is -0.480 e. The summed E-state index contributed by atoms with van der Waals surface area (Å²) in [5.41, 5.74) is -1.25. The molecule has 0 saturated carbocycles. The largest absolute Gasteiger partial charge is 0.480 e. The van der Waals surface area contributed by atoms with Crippen molar-refractivity contribution in [3.8, 4) is 0 Å². The van der Waals surface area contributed by atoms with E-state index in [0.29, 0.717) is 25.8 Å². The van der Waals surface area contributed by atoms with Gasteiger partial charge in [-0.2, -0.15) is 0 Å². The minimum absolute atomic E-state index is 0.00167. The summed E-state index contributed by atoms with van der Waals surface area (Å²) in [6.45, 7) is 5.56. The van der Waals surface area contributed by atoms with Crippen LogP contribution in [-0.2, 0) is 15.6 Å². The van der Waals surface area contributed by atoms with Crippen LogP contribution in [0.2, 0.25) is 0 Å². The number of carbonyl (C=O) groups excluding carboxylic acids is 1. The molecule has 0 fully saturated rings. The Labute approximate surface area is 116 Å². The summed E-state index contributed by atoms with van der Waals surface area (Å²) in [6.07, 6.45) is 3.24. The number of hydrogen-bond donors (Lipinski definition) is 3. The quantitative estimate of drug-likeness (QED) is 0.624. The molecule has 0 bridgehead atoms. The molecule has 3 atom stereocenters. The van der Waals surface area contributed by atoms with Gasteiger partial charge in [0, 0.05) is 28.9 Å². The molecule has 0 radical (unpaired) electrons. The molecular weight excluding hydrogens is 268 g/mol. The number of carboxylic acids is 1. The first-order valence-corrected chi connectivity index (χ1v) is 7.96. The van der Waals surface area contributed by atoms with Gasteiger partial charge in [-0.1, -0.05) is 20.3 Å². The molecule has 19 heavy (non-hydrogen) atoms. The Hall–Kier alpha value is -1.11. The summed E-state index contributed by atoms with van der Waals surface area (Å²) >= 11 is 0. The van der Waals surface area contributed by atoms with Crippen molar-refractivity contribution in [1.29, 1.82) is 0 Å². The zero-order chi connectivity index (χ0) is 15.1. The molecule has 0 spiro atoms. The summed E-state index contributed by atoms with van der Waals surface area (Å²) < 4.78 is 11.1. The van der Waals surface area contributed by atoms with Crippen molar-refractivity contribution < 1.29 is 18.9 Å². The van der Waals surface area contributed by atoms with Gasteiger partial charge in [0.2, 0.25) is 0 Å². The molecule has 0 aromatic carbocycles. The molecule has 0 aliphatic heterocycles. The van der Waals surface area contributed by atoms with Crippen molar-refractivity contribution in [2.45, 2.75) is 50.8 Å². The van der Waals surface area contributed by atoms with E-state index in [2.05, 4.69) is 10.6 Å². The van der Waals surface area contributed by atoms with E-state index in [1.54, 1.807) is 6.26 Å². The maximum atomic E-state index is 11.6. The topological polar surface area (TPSA) is 95.5 Å². The van der Waals surface area contributed by atoms with Gasteiger partial charge in [0.25, 0.3) is 0 Å². The lowest BCUT2D eigenvalue weighted by Gasteiger charge is -2.25. The Morgan fingerprint density at radius 2 is 2.00 bits per heavy atom. The predicted molar refractivity (Wildman–Crippen MR) is 75.6 cm³/mol. The molecule has 0 aromatic rings. The number of aliphatic carboxylic acids is 1. The highest BCUT2D eigenvalue weighted by atomic mass is 32.2. The molecule has 3 N–H and O–H groups in total. The highest BCUT2D eigenvalue weighted by Crippen LogP contribution is 2.12. The number of nitrogens with one attached hydrogen (secondary N) is 2. The lowest BCUT2D eigenvalue weighted by molar-refractivity contribution is -0.144. The third-order valence-corrected chi connectivity index (χ3v) is 4.38. The number of rotatable bonds is 8. The van der Waals surface area contributed by atoms with Crippen LogP contribution in [0, 0.1) is 0 Å². The third-order valence-electron chi connectivity index (χ3n) is 3.01. The first-order chi connectivity index (χ1) is 8.73. The zero-order valence-electron chi connectivity index (χ0n) is 12.0. The number of hydrogen-bond acceptors (Lipinski definition) is 3. The van der Waals surface area contributed by atoms with E-state index in [-0.39, 0.29) is 5.25 Å². The Morgan fingerprint density at radius 3 is 2.42 bits per heavy atom. The van der Waals surface area contributed by atoms with Gasteiger partial charge in [-0.15, -0.1) is 0 Å². The minimum atomic E-state index is -1.25. The summed E-state index contributed by atoms with van der Waals surface area (Å²) in [4.78, 5) is 22.8. The van der Waals surface area contributed by atoms with Crippen molar-refractivity contribution in [3.05, 3.63) is 0 Å². The van der Waals surface area contributed by atoms with Crippen LogP contribution in [0.4, 0.5) is 4.79 Å². The smallest absolute Gasteiger partial charge is 0.329 e. The van der Waals surface area contributed by atoms with Gasteiger partial charge in [-0.25, -0.2) is 9.59 Å². The van der Waals surface area contributed by atoms with E-state index >= 15 is 0 Å². The van der Waals surface area contributed by atoms with Gasteiger partial charge in [0.05, 0.1) is 0 Å². The molecule has 0 saturated heterocycles. The van der Waals surface area contributed by atoms with E-state index in [9.17, 15) is 13.8 Å². The molecule has 0 rings (SSSR count). The van der Waals surface area contributed by atoms with Gasteiger partial charge in [-0.05, 0) is 19.8 Å². The van der Waals surface area contributed by atoms with Gasteiger partial charge in [-0.3, -0.25) is 4.21 Å². The van der Waals surface area contributed by atoms with Crippen LogP contribution in [0.5, 0.6) is 0 Å². The van der Waals surface area contributed by atoms with Crippen LogP contribution in [-0.4, -0.2) is 44.9 Å². The Balaban J connectivity index is 4.22. The fourth-order valence-electron chi connectivity index (χ4n) is 1.57. The Morgan fingerprint density at radius 1 is 1.42 bits per heavy atom. The van der Waals surface area contributed by atoms with Crippen LogP contribution in [0.3, 0.4) is 0 Å². The molecule has 6 nitrogen and oxygen atoms in total. The van der Waals surface area contributed by atoms with Crippen LogP contribution in [0.25, 0.3) is 0 Å². The second-order valence-electron chi connectivity index (χ2n) is 4.87. The fraction of sp³-hybridized carbons (Fsp3) is 0.833. The van der Waals surface area contributed by atoms with Crippen LogP contribution >= 0.6 is 0 Å². The predicted octanol–water partition coefficient (Wildman–Crippen LogP) is 1.09. The average Bonchev–Trinajstić information content (AvgIpc) is 2.28. The summed E-state index contributed by atoms with van der Waals surface area (Å²) in [5.74, 6) is -1.05. The van der Waals surface area contributed by atoms with Crippen molar-refractivity contribution in [2.24, 2.45) is 0 Å². The zero-order valence-corrected chi connectivity index (χ0v) is 12.8. The second-order valence-corrected chi connectivity index (χ2v) is 6.67. The first kappa shape index (κ1) is 17.9. The molecular formula is C12H24N2O4S. The van der Waals surface area contributed by atoms with Gasteiger partial charge in [0.1, 0.15) is 5.54 Å². The highest BCUT2D eigenvalue weighted by molar-refractivity contribution is 7.84. The van der Waals surface area contributed by atoms with E-state index in [1.165, 1.54) is 6.92 Å². The molecule has 0 aliphatic carbocycles. The number of carboxylic acid groups (broad SMARTS) is 1. The van der Waals surface area contributed by atoms with Gasteiger partial charge < -0.3 is 15.7 Å². The monoisotopic (exact) mass is 292 g/mol. The van der Waals surface area contributed by atoms with Crippen molar-refractivity contribution in [2.75, 3.05) is 12.8 Å². The molecule has 0 heterocycles. The van der Waals surface area contributed by atoms with Gasteiger partial charge in [0.15, 0.2) is 0 Å². The highest BCUT2D eigenvalue weighted by Gasteiger charge is 2.33. The summed E-state index contributed by atoms with van der Waals surface area (Å²) in [5, 5.41) is 14.2. The standard InChI is InChI=1S/C12H24N2O4S/c1-5-7-12(3,10(15)16)14-11(17)13-8-6-9(2)19(4)18/h9H,5-8H2,1-4H3,(H,15,16)(H2,13,14,17). The van der Waals surface area contributed by atoms with Crippen LogP contribution in [0.1, 0.15) is 40.0 Å². The number of urea groups is 1. The Kier molecular flexibility index (Phi) is 7.66. The molecule has 0 aliphatic rings. The van der Waals surface area contributed by atoms with Crippen molar-refractivity contribution in [3.63, 3.8) is 0 Å². The maximum Gasteiger partial charge on any atom is 0.329 e. The summed E-state index contributed by atoms with van der Waals surface area (Å²) in [7, 11) is -0.920. The molecule has 2 amide bonds. The SMILES string of the molecule is CCCC(C)(NC(=O)NCCC(C)S(C)=O)C(=O)O.